The number of rotatable bonds is 6. The fraction of sp³-hybridized carbons (Fsp3) is 0.643. The first kappa shape index (κ1) is 16.4. The normalized spacial score (nSPS) is 14.5. The van der Waals surface area contributed by atoms with Crippen LogP contribution in [-0.4, -0.2) is 52.7 Å². The zero-order valence-corrected chi connectivity index (χ0v) is 14.1. The molecule has 1 fully saturated rings. The lowest BCUT2D eigenvalue weighted by Crippen LogP contribution is -2.31. The number of amides is 1. The van der Waals surface area contributed by atoms with E-state index in [1.807, 2.05) is 13.8 Å². The van der Waals surface area contributed by atoms with E-state index in [9.17, 15) is 4.79 Å². The number of halogens is 1. The molecule has 0 spiro atoms. The van der Waals surface area contributed by atoms with E-state index in [-0.39, 0.29) is 5.91 Å². The van der Waals surface area contributed by atoms with E-state index < -0.39 is 0 Å². The molecule has 0 saturated carbocycles. The van der Waals surface area contributed by atoms with Crippen LogP contribution >= 0.6 is 23.4 Å². The summed E-state index contributed by atoms with van der Waals surface area (Å²) in [6.45, 7) is 7.43. The number of anilines is 1. The quantitative estimate of drug-likeness (QED) is 0.456. The second-order valence-corrected chi connectivity index (χ2v) is 6.21. The maximum absolute atomic E-state index is 12.0. The van der Waals surface area contributed by atoms with Gasteiger partial charge in [-0.1, -0.05) is 23.4 Å². The molecule has 0 unspecified atom stereocenters. The Morgan fingerprint density at radius 2 is 2.00 bits per heavy atom. The van der Waals surface area contributed by atoms with Crippen LogP contribution < -0.4 is 4.90 Å². The third-order valence-electron chi connectivity index (χ3n) is 3.53. The average Bonchev–Trinajstić information content (AvgIpc) is 3.00. The van der Waals surface area contributed by atoms with Crippen molar-refractivity contribution >= 4 is 35.1 Å². The van der Waals surface area contributed by atoms with Crippen molar-refractivity contribution in [3.8, 4) is 0 Å². The third-order valence-corrected chi connectivity index (χ3v) is 4.56. The zero-order chi connectivity index (χ0) is 15.2. The number of carbonyl (C=O) groups is 1. The van der Waals surface area contributed by atoms with Gasteiger partial charge < -0.3 is 9.80 Å². The molecule has 5 nitrogen and oxygen atoms in total. The number of aromatic nitrogens is 2. The summed E-state index contributed by atoms with van der Waals surface area (Å²) in [6, 6.07) is 1.79. The largest absolute Gasteiger partial charge is 0.356 e. The highest BCUT2D eigenvalue weighted by Gasteiger charge is 2.17. The Balaban J connectivity index is 2.01. The van der Waals surface area contributed by atoms with Gasteiger partial charge in [0.05, 0.1) is 5.75 Å². The van der Waals surface area contributed by atoms with Crippen molar-refractivity contribution in [1.29, 1.82) is 0 Å². The molecule has 1 aromatic rings. The predicted octanol–water partition coefficient (Wildman–Crippen LogP) is 2.69. The number of thioether (sulfide) groups is 1. The topological polar surface area (TPSA) is 49.3 Å². The van der Waals surface area contributed by atoms with Gasteiger partial charge in [0.1, 0.15) is 11.0 Å². The second kappa shape index (κ2) is 7.84. The summed E-state index contributed by atoms with van der Waals surface area (Å²) in [5.41, 5.74) is 0. The van der Waals surface area contributed by atoms with Gasteiger partial charge in [-0.2, -0.15) is 0 Å². The molecule has 0 bridgehead atoms. The van der Waals surface area contributed by atoms with Crippen LogP contribution in [0.2, 0.25) is 5.15 Å². The maximum atomic E-state index is 12.0. The minimum atomic E-state index is 0.108. The van der Waals surface area contributed by atoms with Gasteiger partial charge in [-0.15, -0.1) is 0 Å². The molecule has 0 radical (unpaired) electrons. The minimum absolute atomic E-state index is 0.108. The maximum Gasteiger partial charge on any atom is 0.233 e. The van der Waals surface area contributed by atoms with Gasteiger partial charge in [-0.05, 0) is 26.7 Å². The van der Waals surface area contributed by atoms with E-state index >= 15 is 0 Å². The van der Waals surface area contributed by atoms with Crippen LogP contribution in [0.4, 0.5) is 5.82 Å². The van der Waals surface area contributed by atoms with E-state index in [1.54, 1.807) is 11.0 Å². The molecule has 0 aliphatic carbocycles. The summed E-state index contributed by atoms with van der Waals surface area (Å²) in [4.78, 5) is 24.8. The molecule has 116 valence electrons. The van der Waals surface area contributed by atoms with Crippen LogP contribution in [0.3, 0.4) is 0 Å². The molecule has 1 amide bonds. The predicted molar refractivity (Wildman–Crippen MR) is 87.1 cm³/mol. The van der Waals surface area contributed by atoms with Crippen molar-refractivity contribution in [3.63, 3.8) is 0 Å². The Hall–Kier alpha value is -1.01. The van der Waals surface area contributed by atoms with Gasteiger partial charge in [0.2, 0.25) is 5.91 Å². The van der Waals surface area contributed by atoms with Crippen LogP contribution in [0.5, 0.6) is 0 Å². The van der Waals surface area contributed by atoms with E-state index in [0.29, 0.717) is 16.1 Å². The van der Waals surface area contributed by atoms with Gasteiger partial charge in [0.15, 0.2) is 5.16 Å². The Kier molecular flexibility index (Phi) is 6.11. The Bertz CT molecular complexity index is 490. The highest BCUT2D eigenvalue weighted by atomic mass is 35.5. The molecule has 0 aromatic carbocycles. The van der Waals surface area contributed by atoms with Crippen molar-refractivity contribution in [3.05, 3.63) is 11.2 Å². The van der Waals surface area contributed by atoms with Crippen molar-refractivity contribution in [2.45, 2.75) is 31.8 Å². The summed E-state index contributed by atoms with van der Waals surface area (Å²) in [6.07, 6.45) is 2.37. The molecular weight excluding hydrogens is 308 g/mol. The Morgan fingerprint density at radius 3 is 2.62 bits per heavy atom. The highest BCUT2D eigenvalue weighted by molar-refractivity contribution is 7.99. The first-order valence-corrected chi connectivity index (χ1v) is 8.70. The zero-order valence-electron chi connectivity index (χ0n) is 12.5. The van der Waals surface area contributed by atoms with Crippen molar-refractivity contribution in [1.82, 2.24) is 14.9 Å². The average molecular weight is 329 g/mol. The van der Waals surface area contributed by atoms with Gasteiger partial charge in [-0.3, -0.25) is 4.79 Å². The lowest BCUT2D eigenvalue weighted by Gasteiger charge is -2.19. The molecule has 0 atom stereocenters. The molecule has 0 N–H and O–H groups in total. The van der Waals surface area contributed by atoms with Gasteiger partial charge in [-0.25, -0.2) is 9.97 Å². The molecule has 2 heterocycles. The Morgan fingerprint density at radius 1 is 1.33 bits per heavy atom. The third kappa shape index (κ3) is 4.48. The molecule has 1 aromatic heterocycles. The summed E-state index contributed by atoms with van der Waals surface area (Å²) < 4.78 is 0. The summed E-state index contributed by atoms with van der Waals surface area (Å²) in [7, 11) is 0. The molecule has 1 aliphatic rings. The van der Waals surface area contributed by atoms with Gasteiger partial charge >= 0.3 is 0 Å². The second-order valence-electron chi connectivity index (χ2n) is 4.88. The molecule has 1 saturated heterocycles. The highest BCUT2D eigenvalue weighted by Crippen LogP contribution is 2.24. The molecule has 2 rings (SSSR count). The molecule has 21 heavy (non-hydrogen) atoms. The van der Waals surface area contributed by atoms with Crippen molar-refractivity contribution < 1.29 is 4.79 Å². The van der Waals surface area contributed by atoms with Crippen LogP contribution in [0.25, 0.3) is 0 Å². The number of nitrogens with zero attached hydrogens (tertiary/aromatic N) is 4. The van der Waals surface area contributed by atoms with Gasteiger partial charge in [0, 0.05) is 32.2 Å². The van der Waals surface area contributed by atoms with Crippen molar-refractivity contribution in [2.24, 2.45) is 0 Å². The first-order chi connectivity index (χ1) is 10.1. The Labute approximate surface area is 135 Å². The number of hydrogen-bond donors (Lipinski definition) is 0. The standard InChI is InChI=1S/C14H21ClN4OS/c1-3-18(4-2)13(20)10-21-14-16-11(15)9-12(17-14)19-7-5-6-8-19/h9H,3-8,10H2,1-2H3. The minimum Gasteiger partial charge on any atom is -0.356 e. The van der Waals surface area contributed by atoms with E-state index in [1.165, 1.54) is 24.6 Å². The molecule has 1 aliphatic heterocycles. The smallest absolute Gasteiger partial charge is 0.233 e. The fourth-order valence-electron chi connectivity index (χ4n) is 2.35. The lowest BCUT2D eigenvalue weighted by molar-refractivity contribution is -0.127. The number of hydrogen-bond acceptors (Lipinski definition) is 5. The van der Waals surface area contributed by atoms with Crippen LogP contribution in [0, 0.1) is 0 Å². The van der Waals surface area contributed by atoms with Crippen LogP contribution in [-0.2, 0) is 4.79 Å². The monoisotopic (exact) mass is 328 g/mol. The summed E-state index contributed by atoms with van der Waals surface area (Å²) in [5.74, 6) is 1.32. The lowest BCUT2D eigenvalue weighted by atomic mass is 10.4. The molecule has 7 heteroatoms. The van der Waals surface area contributed by atoms with E-state index in [0.717, 1.165) is 32.0 Å². The van der Waals surface area contributed by atoms with E-state index in [2.05, 4.69) is 14.9 Å². The summed E-state index contributed by atoms with van der Waals surface area (Å²) >= 11 is 7.42. The SMILES string of the molecule is CCN(CC)C(=O)CSc1nc(Cl)cc(N2CCCC2)n1. The molecular formula is C14H21ClN4OS. The van der Waals surface area contributed by atoms with Crippen molar-refractivity contribution in [2.75, 3.05) is 36.8 Å². The first-order valence-electron chi connectivity index (χ1n) is 7.34. The van der Waals surface area contributed by atoms with Crippen LogP contribution in [0.15, 0.2) is 11.2 Å². The van der Waals surface area contributed by atoms with E-state index in [4.69, 9.17) is 11.6 Å². The van der Waals surface area contributed by atoms with Gasteiger partial charge in [0.25, 0.3) is 0 Å². The van der Waals surface area contributed by atoms with Crippen LogP contribution in [0.1, 0.15) is 26.7 Å². The number of carbonyl (C=O) groups excluding carboxylic acids is 1. The summed E-state index contributed by atoms with van der Waals surface area (Å²) in [5, 5.41) is 1.01. The fourth-order valence-corrected chi connectivity index (χ4v) is 3.34.